The number of aryl methyl sites for hydroxylation is 1. The summed E-state index contributed by atoms with van der Waals surface area (Å²) in [6.07, 6.45) is 8.55. The fraction of sp³-hybridized carbons (Fsp3) is 0.812. The van der Waals surface area contributed by atoms with E-state index in [1.807, 2.05) is 12.4 Å². The Morgan fingerprint density at radius 3 is 2.90 bits per heavy atom. The van der Waals surface area contributed by atoms with Crippen molar-refractivity contribution in [3.63, 3.8) is 0 Å². The molecule has 1 aromatic heterocycles. The first-order chi connectivity index (χ1) is 10.2. The standard InChI is InChI=1S/C16H27N3O2/c1-18-9-6-17-15(18)12-19-7-4-16(5-8-19)11-14(13-21-16)3-10-20-2/h6,9,14H,3-5,7-8,10-13H2,1-2H3/t14-/m1/s1. The summed E-state index contributed by atoms with van der Waals surface area (Å²) >= 11 is 0. The van der Waals surface area contributed by atoms with Crippen LogP contribution in [-0.2, 0) is 23.1 Å². The maximum atomic E-state index is 6.20. The Hall–Kier alpha value is -0.910. The van der Waals surface area contributed by atoms with Crippen LogP contribution in [0, 0.1) is 5.92 Å². The number of ether oxygens (including phenoxy) is 2. The average Bonchev–Trinajstić information content (AvgIpc) is 3.07. The summed E-state index contributed by atoms with van der Waals surface area (Å²) in [6.45, 7) is 4.96. The second-order valence-corrected chi connectivity index (χ2v) is 6.58. The molecule has 1 aromatic rings. The maximum absolute atomic E-state index is 6.20. The number of imidazole rings is 1. The summed E-state index contributed by atoms with van der Waals surface area (Å²) in [5, 5.41) is 0. The molecular weight excluding hydrogens is 266 g/mol. The third kappa shape index (κ3) is 3.47. The number of rotatable bonds is 5. The molecule has 3 heterocycles. The lowest BCUT2D eigenvalue weighted by Gasteiger charge is -2.38. The summed E-state index contributed by atoms with van der Waals surface area (Å²) < 4.78 is 13.5. The predicted octanol–water partition coefficient (Wildman–Crippen LogP) is 1.83. The number of hydrogen-bond donors (Lipinski definition) is 0. The van der Waals surface area contributed by atoms with Crippen LogP contribution in [0.3, 0.4) is 0 Å². The number of hydrogen-bond acceptors (Lipinski definition) is 4. The molecule has 21 heavy (non-hydrogen) atoms. The average molecular weight is 293 g/mol. The molecule has 0 N–H and O–H groups in total. The highest BCUT2D eigenvalue weighted by Gasteiger charge is 2.42. The number of methoxy groups -OCH3 is 1. The second kappa shape index (κ2) is 6.46. The van der Waals surface area contributed by atoms with E-state index in [1.165, 1.54) is 6.42 Å². The molecule has 2 aliphatic heterocycles. The van der Waals surface area contributed by atoms with Crippen LogP contribution in [0.1, 0.15) is 31.5 Å². The molecule has 0 bridgehead atoms. The van der Waals surface area contributed by atoms with Gasteiger partial charge in [0.1, 0.15) is 5.82 Å². The van der Waals surface area contributed by atoms with Crippen molar-refractivity contribution in [2.24, 2.45) is 13.0 Å². The van der Waals surface area contributed by atoms with Gasteiger partial charge in [-0.15, -0.1) is 0 Å². The molecule has 0 amide bonds. The van der Waals surface area contributed by atoms with Gasteiger partial charge in [0, 0.05) is 46.2 Å². The van der Waals surface area contributed by atoms with E-state index in [0.717, 1.165) is 57.9 Å². The SMILES string of the molecule is COCC[C@H]1COC2(CCN(Cc3nccn3C)CC2)C1. The Morgan fingerprint density at radius 2 is 2.24 bits per heavy atom. The maximum Gasteiger partial charge on any atom is 0.122 e. The van der Waals surface area contributed by atoms with Gasteiger partial charge < -0.3 is 14.0 Å². The van der Waals surface area contributed by atoms with Crippen LogP contribution in [-0.4, -0.2) is 53.5 Å². The van der Waals surface area contributed by atoms with E-state index >= 15 is 0 Å². The molecule has 1 spiro atoms. The Labute approximate surface area is 127 Å². The topological polar surface area (TPSA) is 39.5 Å². The minimum atomic E-state index is 0.149. The molecule has 118 valence electrons. The largest absolute Gasteiger partial charge is 0.385 e. The predicted molar refractivity (Wildman–Crippen MR) is 81.0 cm³/mol. The Bertz CT molecular complexity index is 452. The Morgan fingerprint density at radius 1 is 1.43 bits per heavy atom. The number of aromatic nitrogens is 2. The van der Waals surface area contributed by atoms with Crippen LogP contribution in [0.5, 0.6) is 0 Å². The van der Waals surface area contributed by atoms with Crippen molar-refractivity contribution in [1.29, 1.82) is 0 Å². The van der Waals surface area contributed by atoms with Crippen LogP contribution in [0.2, 0.25) is 0 Å². The lowest BCUT2D eigenvalue weighted by Crippen LogP contribution is -2.44. The summed E-state index contributed by atoms with van der Waals surface area (Å²) in [6, 6.07) is 0. The van der Waals surface area contributed by atoms with Crippen LogP contribution >= 0.6 is 0 Å². The van der Waals surface area contributed by atoms with Gasteiger partial charge in [-0.25, -0.2) is 4.98 Å². The lowest BCUT2D eigenvalue weighted by molar-refractivity contribution is -0.0456. The van der Waals surface area contributed by atoms with Gasteiger partial charge in [0.2, 0.25) is 0 Å². The lowest BCUT2D eigenvalue weighted by atomic mass is 9.84. The minimum absolute atomic E-state index is 0.149. The van der Waals surface area contributed by atoms with E-state index in [2.05, 4.69) is 21.5 Å². The van der Waals surface area contributed by atoms with Gasteiger partial charge >= 0.3 is 0 Å². The molecule has 2 aliphatic rings. The normalized spacial score (nSPS) is 25.7. The van der Waals surface area contributed by atoms with E-state index in [4.69, 9.17) is 9.47 Å². The molecule has 1 atom stereocenters. The first kappa shape index (κ1) is 15.0. The highest BCUT2D eigenvalue weighted by Crippen LogP contribution is 2.39. The molecule has 2 fully saturated rings. The van der Waals surface area contributed by atoms with Crippen molar-refractivity contribution < 1.29 is 9.47 Å². The number of nitrogens with zero attached hydrogens (tertiary/aromatic N) is 3. The zero-order valence-electron chi connectivity index (χ0n) is 13.3. The molecule has 0 radical (unpaired) electrons. The number of piperidine rings is 1. The molecule has 3 rings (SSSR count). The molecule has 0 saturated carbocycles. The van der Waals surface area contributed by atoms with Gasteiger partial charge in [-0.05, 0) is 31.6 Å². The summed E-state index contributed by atoms with van der Waals surface area (Å²) in [4.78, 5) is 6.92. The van der Waals surface area contributed by atoms with Crippen molar-refractivity contribution >= 4 is 0 Å². The fourth-order valence-corrected chi connectivity index (χ4v) is 3.62. The van der Waals surface area contributed by atoms with E-state index < -0.39 is 0 Å². The van der Waals surface area contributed by atoms with Crippen molar-refractivity contribution in [2.75, 3.05) is 33.4 Å². The Balaban J connectivity index is 1.48. The van der Waals surface area contributed by atoms with Gasteiger partial charge in [0.25, 0.3) is 0 Å². The van der Waals surface area contributed by atoms with Gasteiger partial charge in [-0.2, -0.15) is 0 Å². The summed E-state index contributed by atoms with van der Waals surface area (Å²) in [5.41, 5.74) is 0.149. The molecule has 0 unspecified atom stereocenters. The van der Waals surface area contributed by atoms with Gasteiger partial charge in [0.15, 0.2) is 0 Å². The quantitative estimate of drug-likeness (QED) is 0.830. The van der Waals surface area contributed by atoms with Crippen LogP contribution < -0.4 is 0 Å². The fourth-order valence-electron chi connectivity index (χ4n) is 3.62. The molecule has 0 aliphatic carbocycles. The first-order valence-electron chi connectivity index (χ1n) is 8.02. The third-order valence-electron chi connectivity index (χ3n) is 5.07. The van der Waals surface area contributed by atoms with Crippen molar-refractivity contribution in [3.8, 4) is 0 Å². The molecular formula is C16H27N3O2. The van der Waals surface area contributed by atoms with Crippen LogP contribution in [0.4, 0.5) is 0 Å². The molecule has 5 heteroatoms. The van der Waals surface area contributed by atoms with Crippen LogP contribution in [0.25, 0.3) is 0 Å². The van der Waals surface area contributed by atoms with E-state index in [1.54, 1.807) is 7.11 Å². The highest BCUT2D eigenvalue weighted by molar-refractivity contribution is 4.96. The van der Waals surface area contributed by atoms with E-state index in [-0.39, 0.29) is 5.60 Å². The van der Waals surface area contributed by atoms with Crippen LogP contribution in [0.15, 0.2) is 12.4 Å². The monoisotopic (exact) mass is 293 g/mol. The summed E-state index contributed by atoms with van der Waals surface area (Å²) in [7, 11) is 3.84. The minimum Gasteiger partial charge on any atom is -0.385 e. The van der Waals surface area contributed by atoms with E-state index in [9.17, 15) is 0 Å². The molecule has 0 aromatic carbocycles. The van der Waals surface area contributed by atoms with Gasteiger partial charge in [0.05, 0.1) is 18.8 Å². The van der Waals surface area contributed by atoms with Crippen molar-refractivity contribution in [2.45, 2.75) is 37.8 Å². The van der Waals surface area contributed by atoms with E-state index in [0.29, 0.717) is 5.92 Å². The zero-order valence-corrected chi connectivity index (χ0v) is 13.3. The van der Waals surface area contributed by atoms with Gasteiger partial charge in [-0.1, -0.05) is 0 Å². The zero-order chi connectivity index (χ0) is 14.7. The molecule has 5 nitrogen and oxygen atoms in total. The first-order valence-corrected chi connectivity index (χ1v) is 8.02. The van der Waals surface area contributed by atoms with Crippen molar-refractivity contribution in [1.82, 2.24) is 14.5 Å². The number of likely N-dealkylation sites (tertiary alicyclic amines) is 1. The smallest absolute Gasteiger partial charge is 0.122 e. The second-order valence-electron chi connectivity index (χ2n) is 6.58. The van der Waals surface area contributed by atoms with Crippen molar-refractivity contribution in [3.05, 3.63) is 18.2 Å². The molecule has 2 saturated heterocycles. The summed E-state index contributed by atoms with van der Waals surface area (Å²) in [5.74, 6) is 1.84. The van der Waals surface area contributed by atoms with Gasteiger partial charge in [-0.3, -0.25) is 4.90 Å². The highest BCUT2D eigenvalue weighted by atomic mass is 16.5. The third-order valence-corrected chi connectivity index (χ3v) is 5.07. The Kier molecular flexibility index (Phi) is 4.62.